The molecule has 1 aliphatic rings. The van der Waals surface area contributed by atoms with E-state index in [1.165, 1.54) is 4.90 Å². The third-order valence-corrected chi connectivity index (χ3v) is 5.02. The lowest BCUT2D eigenvalue weighted by atomic mass is 10.1. The Morgan fingerprint density at radius 3 is 2.17 bits per heavy atom. The number of anilines is 1. The van der Waals surface area contributed by atoms with Gasteiger partial charge in [-0.15, -0.1) is 10.2 Å². The molecule has 2 aromatic heterocycles. The maximum atomic E-state index is 13.9. The molecule has 1 aromatic carbocycles. The van der Waals surface area contributed by atoms with E-state index >= 15 is 0 Å². The Morgan fingerprint density at radius 2 is 1.57 bits per heavy atom. The van der Waals surface area contributed by atoms with Crippen molar-refractivity contribution in [3.8, 4) is 5.82 Å². The maximum Gasteiger partial charge on any atom is 0.257 e. The second-order valence-electron chi connectivity index (χ2n) is 7.09. The van der Waals surface area contributed by atoms with Crippen LogP contribution in [-0.4, -0.2) is 57.0 Å². The van der Waals surface area contributed by atoms with Crippen molar-refractivity contribution in [3.05, 3.63) is 64.7 Å². The van der Waals surface area contributed by atoms with Crippen LogP contribution in [-0.2, 0) is 0 Å². The molecule has 7 nitrogen and oxygen atoms in total. The molecule has 0 spiro atoms. The summed E-state index contributed by atoms with van der Waals surface area (Å²) in [5.41, 5.74) is 1.36. The van der Waals surface area contributed by atoms with E-state index < -0.39 is 28.9 Å². The number of benzene rings is 1. The van der Waals surface area contributed by atoms with Gasteiger partial charge < -0.3 is 9.80 Å². The van der Waals surface area contributed by atoms with Gasteiger partial charge in [0.15, 0.2) is 29.1 Å². The van der Waals surface area contributed by atoms with Crippen molar-refractivity contribution in [2.45, 2.75) is 13.8 Å². The molecule has 0 radical (unpaired) electrons. The van der Waals surface area contributed by atoms with Crippen molar-refractivity contribution in [3.63, 3.8) is 0 Å². The topological polar surface area (TPSA) is 67.2 Å². The molecule has 3 heterocycles. The molecule has 1 amide bonds. The normalized spacial score (nSPS) is 14.3. The van der Waals surface area contributed by atoms with E-state index in [9.17, 15) is 18.0 Å². The molecular weight excluding hydrogens is 397 g/mol. The van der Waals surface area contributed by atoms with Crippen molar-refractivity contribution >= 4 is 11.7 Å². The number of carbonyl (C=O) groups excluding carboxylic acids is 1. The number of nitrogens with zero attached hydrogens (tertiary/aromatic N) is 6. The highest BCUT2D eigenvalue weighted by Gasteiger charge is 2.27. The lowest BCUT2D eigenvalue weighted by Gasteiger charge is -2.35. The molecule has 1 fully saturated rings. The highest BCUT2D eigenvalue weighted by Crippen LogP contribution is 2.20. The van der Waals surface area contributed by atoms with Crippen LogP contribution >= 0.6 is 0 Å². The van der Waals surface area contributed by atoms with Crippen molar-refractivity contribution < 1.29 is 18.0 Å². The standard InChI is InChI=1S/C20H19F3N6O/c1-12-11-13(2)29(26-12)17-6-5-16(24-25-17)27-7-9-28(10-8-27)20(30)14-3-4-15(21)19(23)18(14)22/h3-6,11H,7-10H2,1-2H3. The Morgan fingerprint density at radius 1 is 0.900 bits per heavy atom. The van der Waals surface area contributed by atoms with Gasteiger partial charge in [0.1, 0.15) is 0 Å². The van der Waals surface area contributed by atoms with Crippen LogP contribution in [0.25, 0.3) is 5.82 Å². The molecular formula is C20H19F3N6O. The molecule has 0 aliphatic carbocycles. The highest BCUT2D eigenvalue weighted by atomic mass is 19.2. The number of piperazine rings is 1. The number of carbonyl (C=O) groups is 1. The summed E-state index contributed by atoms with van der Waals surface area (Å²) in [6.07, 6.45) is 0. The zero-order valence-corrected chi connectivity index (χ0v) is 16.4. The van der Waals surface area contributed by atoms with Gasteiger partial charge >= 0.3 is 0 Å². The van der Waals surface area contributed by atoms with E-state index in [4.69, 9.17) is 0 Å². The van der Waals surface area contributed by atoms with E-state index in [2.05, 4.69) is 15.3 Å². The number of aromatic nitrogens is 4. The first kappa shape index (κ1) is 19.9. The summed E-state index contributed by atoms with van der Waals surface area (Å²) in [6.45, 7) is 5.31. The zero-order chi connectivity index (χ0) is 21.4. The molecule has 4 rings (SSSR count). The molecule has 1 aliphatic heterocycles. The van der Waals surface area contributed by atoms with Crippen molar-refractivity contribution in [1.82, 2.24) is 24.9 Å². The fraction of sp³-hybridized carbons (Fsp3) is 0.300. The fourth-order valence-corrected chi connectivity index (χ4v) is 3.46. The van der Waals surface area contributed by atoms with Crippen molar-refractivity contribution in [2.75, 3.05) is 31.1 Å². The molecule has 0 unspecified atom stereocenters. The first-order valence-corrected chi connectivity index (χ1v) is 9.40. The molecule has 0 bridgehead atoms. The van der Waals surface area contributed by atoms with Crippen LogP contribution in [0.1, 0.15) is 21.7 Å². The fourth-order valence-electron chi connectivity index (χ4n) is 3.46. The van der Waals surface area contributed by atoms with Gasteiger partial charge in [-0.1, -0.05) is 0 Å². The third-order valence-electron chi connectivity index (χ3n) is 5.02. The highest BCUT2D eigenvalue weighted by molar-refractivity contribution is 5.94. The largest absolute Gasteiger partial charge is 0.352 e. The monoisotopic (exact) mass is 416 g/mol. The number of aryl methyl sites for hydroxylation is 2. The van der Waals surface area contributed by atoms with E-state index in [1.807, 2.05) is 36.9 Å². The quantitative estimate of drug-likeness (QED) is 0.614. The lowest BCUT2D eigenvalue weighted by molar-refractivity contribution is 0.0740. The van der Waals surface area contributed by atoms with E-state index in [-0.39, 0.29) is 13.1 Å². The summed E-state index contributed by atoms with van der Waals surface area (Å²) in [5, 5.41) is 12.9. The van der Waals surface area contributed by atoms with Crippen LogP contribution < -0.4 is 4.90 Å². The average Bonchev–Trinajstić information content (AvgIpc) is 3.10. The number of amides is 1. The van der Waals surface area contributed by atoms with Gasteiger partial charge in [-0.05, 0) is 44.2 Å². The smallest absolute Gasteiger partial charge is 0.257 e. The first-order valence-electron chi connectivity index (χ1n) is 9.40. The van der Waals surface area contributed by atoms with Crippen LogP contribution in [0.15, 0.2) is 30.3 Å². The van der Waals surface area contributed by atoms with Crippen LogP contribution in [0, 0.1) is 31.3 Å². The van der Waals surface area contributed by atoms with Crippen LogP contribution in [0.3, 0.4) is 0 Å². The molecule has 0 saturated carbocycles. The molecule has 1 saturated heterocycles. The summed E-state index contributed by atoms with van der Waals surface area (Å²) in [7, 11) is 0. The van der Waals surface area contributed by atoms with Gasteiger partial charge in [-0.3, -0.25) is 4.79 Å². The SMILES string of the molecule is Cc1cc(C)n(-c2ccc(N3CCN(C(=O)c4ccc(F)c(F)c4F)CC3)nn2)n1. The first-order chi connectivity index (χ1) is 14.3. The Hall–Kier alpha value is -3.43. The van der Waals surface area contributed by atoms with Gasteiger partial charge in [0, 0.05) is 31.9 Å². The summed E-state index contributed by atoms with van der Waals surface area (Å²) in [5.74, 6) is -3.85. The van der Waals surface area contributed by atoms with Gasteiger partial charge in [0.05, 0.1) is 11.3 Å². The average molecular weight is 416 g/mol. The minimum absolute atomic E-state index is 0.290. The predicted octanol–water partition coefficient (Wildman–Crippen LogP) is 2.66. The predicted molar refractivity (Wildman–Crippen MR) is 103 cm³/mol. The molecule has 30 heavy (non-hydrogen) atoms. The van der Waals surface area contributed by atoms with Gasteiger partial charge in [0.2, 0.25) is 0 Å². The molecule has 156 valence electrons. The van der Waals surface area contributed by atoms with Gasteiger partial charge in [0.25, 0.3) is 5.91 Å². The minimum atomic E-state index is -1.64. The van der Waals surface area contributed by atoms with Crippen LogP contribution in [0.2, 0.25) is 0 Å². The van der Waals surface area contributed by atoms with Gasteiger partial charge in [-0.2, -0.15) is 5.10 Å². The van der Waals surface area contributed by atoms with Crippen LogP contribution in [0.4, 0.5) is 19.0 Å². The summed E-state index contributed by atoms with van der Waals surface area (Å²) in [6, 6.07) is 7.30. The maximum absolute atomic E-state index is 13.9. The molecule has 0 atom stereocenters. The number of hydrogen-bond acceptors (Lipinski definition) is 5. The molecule has 3 aromatic rings. The number of halogens is 3. The number of rotatable bonds is 3. The van der Waals surface area contributed by atoms with E-state index in [0.717, 1.165) is 23.5 Å². The van der Waals surface area contributed by atoms with E-state index in [0.29, 0.717) is 24.7 Å². The summed E-state index contributed by atoms with van der Waals surface area (Å²) < 4.78 is 42.2. The van der Waals surface area contributed by atoms with Crippen molar-refractivity contribution in [1.29, 1.82) is 0 Å². The van der Waals surface area contributed by atoms with Crippen molar-refractivity contribution in [2.24, 2.45) is 0 Å². The Labute approximate surface area is 170 Å². The Balaban J connectivity index is 1.43. The minimum Gasteiger partial charge on any atom is -0.352 e. The van der Waals surface area contributed by atoms with Gasteiger partial charge in [-0.25, -0.2) is 17.9 Å². The zero-order valence-electron chi connectivity index (χ0n) is 16.4. The molecule has 10 heteroatoms. The summed E-state index contributed by atoms with van der Waals surface area (Å²) >= 11 is 0. The van der Waals surface area contributed by atoms with E-state index in [1.54, 1.807) is 4.68 Å². The number of hydrogen-bond donors (Lipinski definition) is 0. The Kier molecular flexibility index (Phi) is 5.15. The van der Waals surface area contributed by atoms with Crippen LogP contribution in [0.5, 0.6) is 0 Å². The third kappa shape index (κ3) is 3.60. The Bertz CT molecular complexity index is 1090. The summed E-state index contributed by atoms with van der Waals surface area (Å²) in [4.78, 5) is 15.9. The second-order valence-corrected chi connectivity index (χ2v) is 7.09. The second kappa shape index (κ2) is 7.77. The lowest BCUT2D eigenvalue weighted by Crippen LogP contribution is -2.49. The molecule has 0 N–H and O–H groups in total.